The number of rotatable bonds is 1. The molecular weight excluding hydrogens is 174 g/mol. The van der Waals surface area contributed by atoms with Crippen molar-refractivity contribution >= 4 is 11.8 Å². The second-order valence-electron chi connectivity index (χ2n) is 2.16. The molecule has 0 aliphatic rings. The van der Waals surface area contributed by atoms with Crippen molar-refractivity contribution in [2.24, 2.45) is 7.05 Å². The Hall–Kier alpha value is -1.28. The van der Waals surface area contributed by atoms with Crippen molar-refractivity contribution in [1.82, 2.24) is 9.55 Å². The molecule has 0 saturated carbocycles. The Morgan fingerprint density at radius 3 is 2.92 bits per heavy atom. The molecule has 0 aliphatic carbocycles. The standard InChI is InChI=1S/C7H7N3OS/c1-10-4-9-6(12-2)5(3-8)7(10)11/h4H,1-2H3. The molecule has 0 aliphatic heterocycles. The molecule has 1 aromatic heterocycles. The maximum Gasteiger partial charge on any atom is 0.272 e. The van der Waals surface area contributed by atoms with Crippen LogP contribution in [0.4, 0.5) is 0 Å². The molecule has 0 atom stereocenters. The van der Waals surface area contributed by atoms with Gasteiger partial charge in [-0.3, -0.25) is 4.79 Å². The van der Waals surface area contributed by atoms with Crippen molar-refractivity contribution in [1.29, 1.82) is 5.26 Å². The quantitative estimate of drug-likeness (QED) is 0.464. The van der Waals surface area contributed by atoms with E-state index in [9.17, 15) is 4.79 Å². The van der Waals surface area contributed by atoms with E-state index in [1.807, 2.05) is 6.07 Å². The van der Waals surface area contributed by atoms with Crippen LogP contribution in [0.5, 0.6) is 0 Å². The van der Waals surface area contributed by atoms with Crippen LogP contribution < -0.4 is 5.56 Å². The smallest absolute Gasteiger partial charge is 0.272 e. The number of hydrogen-bond acceptors (Lipinski definition) is 4. The highest BCUT2D eigenvalue weighted by Gasteiger charge is 2.07. The molecular formula is C7H7N3OS. The first-order valence-electron chi connectivity index (χ1n) is 3.20. The van der Waals surface area contributed by atoms with Crippen molar-refractivity contribution in [2.75, 3.05) is 6.26 Å². The predicted molar refractivity (Wildman–Crippen MR) is 46.0 cm³/mol. The average molecular weight is 181 g/mol. The zero-order chi connectivity index (χ0) is 9.14. The monoisotopic (exact) mass is 181 g/mol. The van der Waals surface area contributed by atoms with Gasteiger partial charge in [0.05, 0.1) is 6.33 Å². The first-order chi connectivity index (χ1) is 5.70. The summed E-state index contributed by atoms with van der Waals surface area (Å²) < 4.78 is 1.29. The summed E-state index contributed by atoms with van der Waals surface area (Å²) in [6.07, 6.45) is 3.19. The van der Waals surface area contributed by atoms with E-state index in [1.54, 1.807) is 13.3 Å². The molecule has 4 nitrogen and oxygen atoms in total. The van der Waals surface area contributed by atoms with Crippen LogP contribution in [-0.4, -0.2) is 15.8 Å². The van der Waals surface area contributed by atoms with Crippen LogP contribution in [-0.2, 0) is 7.05 Å². The summed E-state index contributed by atoms with van der Waals surface area (Å²) in [6.45, 7) is 0. The van der Waals surface area contributed by atoms with Crippen molar-refractivity contribution in [3.63, 3.8) is 0 Å². The third-order valence-corrected chi connectivity index (χ3v) is 2.10. The van der Waals surface area contributed by atoms with Gasteiger partial charge in [0.2, 0.25) is 0 Å². The molecule has 0 saturated heterocycles. The molecule has 0 unspecified atom stereocenters. The molecule has 1 heterocycles. The van der Waals surface area contributed by atoms with E-state index < -0.39 is 0 Å². The highest BCUT2D eigenvalue weighted by molar-refractivity contribution is 7.98. The van der Waals surface area contributed by atoms with Crippen molar-refractivity contribution in [3.05, 3.63) is 22.2 Å². The highest BCUT2D eigenvalue weighted by atomic mass is 32.2. The van der Waals surface area contributed by atoms with E-state index in [0.29, 0.717) is 5.03 Å². The maximum atomic E-state index is 11.3. The molecule has 62 valence electrons. The number of nitriles is 1. The fourth-order valence-electron chi connectivity index (χ4n) is 0.774. The fraction of sp³-hybridized carbons (Fsp3) is 0.286. The Labute approximate surface area is 73.9 Å². The lowest BCUT2D eigenvalue weighted by Crippen LogP contribution is -2.20. The van der Waals surface area contributed by atoms with Gasteiger partial charge in [-0.05, 0) is 6.26 Å². The Morgan fingerprint density at radius 1 is 1.75 bits per heavy atom. The van der Waals surface area contributed by atoms with Crippen molar-refractivity contribution < 1.29 is 0 Å². The van der Waals surface area contributed by atoms with Crippen molar-refractivity contribution in [3.8, 4) is 6.07 Å². The molecule has 0 aromatic carbocycles. The van der Waals surface area contributed by atoms with Gasteiger partial charge >= 0.3 is 0 Å². The Balaban J connectivity index is 3.49. The number of nitrogens with zero attached hydrogens (tertiary/aromatic N) is 3. The van der Waals surface area contributed by atoms with Crippen LogP contribution in [0.25, 0.3) is 0 Å². The van der Waals surface area contributed by atoms with Crippen molar-refractivity contribution in [2.45, 2.75) is 5.03 Å². The zero-order valence-electron chi connectivity index (χ0n) is 6.74. The molecule has 0 bridgehead atoms. The second-order valence-corrected chi connectivity index (χ2v) is 2.95. The molecule has 1 aromatic rings. The highest BCUT2D eigenvalue weighted by Crippen LogP contribution is 2.11. The van der Waals surface area contributed by atoms with E-state index in [2.05, 4.69) is 4.98 Å². The molecule has 5 heteroatoms. The minimum absolute atomic E-state index is 0.118. The van der Waals surface area contributed by atoms with Crippen LogP contribution in [0.1, 0.15) is 5.56 Å². The van der Waals surface area contributed by atoms with Gasteiger partial charge in [-0.2, -0.15) is 5.26 Å². The van der Waals surface area contributed by atoms with Gasteiger partial charge in [-0.1, -0.05) is 0 Å². The summed E-state index contributed by atoms with van der Waals surface area (Å²) in [4.78, 5) is 15.2. The van der Waals surface area contributed by atoms with Crippen LogP contribution >= 0.6 is 11.8 Å². The number of thioether (sulfide) groups is 1. The SMILES string of the molecule is CSc1ncn(C)c(=O)c1C#N. The summed E-state index contributed by atoms with van der Waals surface area (Å²) in [5.74, 6) is 0. The minimum Gasteiger partial charge on any atom is -0.301 e. The topological polar surface area (TPSA) is 58.7 Å². The molecule has 0 N–H and O–H groups in total. The third kappa shape index (κ3) is 1.34. The van der Waals surface area contributed by atoms with Crippen LogP contribution in [0.15, 0.2) is 16.1 Å². The lowest BCUT2D eigenvalue weighted by atomic mass is 10.4. The number of aromatic nitrogens is 2. The number of aryl methyl sites for hydroxylation is 1. The molecule has 12 heavy (non-hydrogen) atoms. The Morgan fingerprint density at radius 2 is 2.42 bits per heavy atom. The average Bonchev–Trinajstić information content (AvgIpc) is 2.09. The van der Waals surface area contributed by atoms with Gasteiger partial charge in [0, 0.05) is 7.05 Å². The largest absolute Gasteiger partial charge is 0.301 e. The molecule has 0 fully saturated rings. The first-order valence-corrected chi connectivity index (χ1v) is 4.43. The summed E-state index contributed by atoms with van der Waals surface area (Å²) in [5, 5.41) is 9.12. The molecule has 1 rings (SSSR count). The lowest BCUT2D eigenvalue weighted by molar-refractivity contribution is 0.790. The van der Waals surface area contributed by atoms with Crippen LogP contribution in [0.2, 0.25) is 0 Å². The van der Waals surface area contributed by atoms with Crippen LogP contribution in [0.3, 0.4) is 0 Å². The van der Waals surface area contributed by atoms with Gasteiger partial charge in [-0.25, -0.2) is 4.98 Å². The molecule has 0 spiro atoms. The van der Waals surface area contributed by atoms with E-state index in [0.717, 1.165) is 0 Å². The van der Waals surface area contributed by atoms with E-state index >= 15 is 0 Å². The van der Waals surface area contributed by atoms with Gasteiger partial charge in [0.25, 0.3) is 5.56 Å². The lowest BCUT2D eigenvalue weighted by Gasteiger charge is -1.99. The summed E-state index contributed by atoms with van der Waals surface area (Å²) in [6, 6.07) is 1.84. The zero-order valence-corrected chi connectivity index (χ0v) is 7.55. The van der Waals surface area contributed by atoms with Gasteiger partial charge < -0.3 is 4.57 Å². The Bertz CT molecular complexity index is 391. The predicted octanol–water partition coefficient (Wildman–Crippen LogP) is 0.374. The normalized spacial score (nSPS) is 9.42. The first kappa shape index (κ1) is 8.81. The van der Waals surface area contributed by atoms with E-state index in [-0.39, 0.29) is 11.1 Å². The van der Waals surface area contributed by atoms with E-state index in [1.165, 1.54) is 22.7 Å². The molecule has 0 radical (unpaired) electrons. The Kier molecular flexibility index (Phi) is 2.51. The third-order valence-electron chi connectivity index (χ3n) is 1.40. The van der Waals surface area contributed by atoms with E-state index in [4.69, 9.17) is 5.26 Å². The minimum atomic E-state index is -0.295. The summed E-state index contributed by atoms with van der Waals surface area (Å²) in [5.41, 5.74) is -0.177. The number of hydrogen-bond donors (Lipinski definition) is 0. The summed E-state index contributed by atoms with van der Waals surface area (Å²) in [7, 11) is 1.57. The van der Waals surface area contributed by atoms with Gasteiger partial charge in [0.1, 0.15) is 16.7 Å². The van der Waals surface area contributed by atoms with Crippen LogP contribution in [0, 0.1) is 11.3 Å². The molecule has 0 amide bonds. The van der Waals surface area contributed by atoms with Gasteiger partial charge in [0.15, 0.2) is 0 Å². The van der Waals surface area contributed by atoms with Gasteiger partial charge in [-0.15, -0.1) is 11.8 Å². The fourth-order valence-corrected chi connectivity index (χ4v) is 1.26. The summed E-state index contributed by atoms with van der Waals surface area (Å²) >= 11 is 1.30. The maximum absolute atomic E-state index is 11.3. The second kappa shape index (κ2) is 3.41.